The molecule has 0 fully saturated rings. The van der Waals surface area contributed by atoms with Crippen molar-refractivity contribution in [2.45, 2.75) is 46.0 Å². The maximum absolute atomic E-state index is 12.5. The molecule has 0 saturated carbocycles. The topological polar surface area (TPSA) is 78.4 Å². The normalized spacial score (nSPS) is 11.9. The number of alkyl halides is 3. The second-order valence-electron chi connectivity index (χ2n) is 5.22. The van der Waals surface area contributed by atoms with Gasteiger partial charge in [-0.2, -0.15) is 13.2 Å². The number of hydrogen-bond donors (Lipinski definition) is 3. The van der Waals surface area contributed by atoms with Gasteiger partial charge in [-0.1, -0.05) is 0 Å². The van der Waals surface area contributed by atoms with Gasteiger partial charge in [0.25, 0.3) is 0 Å². The summed E-state index contributed by atoms with van der Waals surface area (Å²) in [7, 11) is 0. The van der Waals surface area contributed by atoms with Crippen LogP contribution in [0.4, 0.5) is 13.2 Å². The standard InChI is InChI=1S/C14H22F3N5OS.HI/c1-4-18-13(19-6-5-11(23)21-9(2)3)20-7-12-22-10(8-24-12)14(15,16)17;/h8-9H,4-7H2,1-3H3,(H,21,23)(H2,18,19,20);1H. The summed E-state index contributed by atoms with van der Waals surface area (Å²) in [6, 6.07) is 0.0761. The number of nitrogens with zero attached hydrogens (tertiary/aromatic N) is 2. The molecule has 1 amide bonds. The average Bonchev–Trinajstić information content (AvgIpc) is 2.92. The van der Waals surface area contributed by atoms with Gasteiger partial charge in [0.05, 0.1) is 6.54 Å². The molecule has 0 saturated heterocycles. The van der Waals surface area contributed by atoms with E-state index in [1.54, 1.807) is 0 Å². The maximum Gasteiger partial charge on any atom is 0.434 e. The van der Waals surface area contributed by atoms with Crippen molar-refractivity contribution in [3.05, 3.63) is 16.1 Å². The molecule has 0 atom stereocenters. The molecule has 6 nitrogen and oxygen atoms in total. The smallest absolute Gasteiger partial charge is 0.357 e. The lowest BCUT2D eigenvalue weighted by molar-refractivity contribution is -0.140. The van der Waals surface area contributed by atoms with E-state index >= 15 is 0 Å². The Hall–Kier alpha value is -1.11. The van der Waals surface area contributed by atoms with E-state index in [1.807, 2.05) is 20.8 Å². The van der Waals surface area contributed by atoms with Gasteiger partial charge in [-0.25, -0.2) is 9.98 Å². The van der Waals surface area contributed by atoms with Crippen LogP contribution < -0.4 is 16.0 Å². The van der Waals surface area contributed by atoms with E-state index in [-0.39, 0.29) is 53.9 Å². The first-order valence-corrected chi connectivity index (χ1v) is 8.43. The number of carbonyl (C=O) groups excluding carboxylic acids is 1. The molecule has 0 aliphatic heterocycles. The fourth-order valence-electron chi connectivity index (χ4n) is 1.69. The molecule has 1 rings (SSSR count). The molecule has 1 aromatic heterocycles. The summed E-state index contributed by atoms with van der Waals surface area (Å²) in [5.74, 6) is 0.349. The van der Waals surface area contributed by atoms with Crippen LogP contribution in [0.2, 0.25) is 0 Å². The number of carbonyl (C=O) groups is 1. The van der Waals surface area contributed by atoms with E-state index in [4.69, 9.17) is 0 Å². The molecular formula is C14H23F3IN5OS. The fourth-order valence-corrected chi connectivity index (χ4v) is 2.41. The van der Waals surface area contributed by atoms with Crippen LogP contribution in [0.5, 0.6) is 0 Å². The van der Waals surface area contributed by atoms with Crippen LogP contribution in [0.25, 0.3) is 0 Å². The van der Waals surface area contributed by atoms with Crippen LogP contribution in [-0.2, 0) is 17.5 Å². The number of thiazole rings is 1. The number of rotatable bonds is 7. The van der Waals surface area contributed by atoms with Crippen molar-refractivity contribution in [3.8, 4) is 0 Å². The molecule has 0 aliphatic rings. The van der Waals surface area contributed by atoms with E-state index < -0.39 is 11.9 Å². The second kappa shape index (κ2) is 11.5. The van der Waals surface area contributed by atoms with Crippen LogP contribution in [-0.4, -0.2) is 36.0 Å². The van der Waals surface area contributed by atoms with E-state index in [0.717, 1.165) is 16.7 Å². The molecular weight excluding hydrogens is 470 g/mol. The highest BCUT2D eigenvalue weighted by Gasteiger charge is 2.33. The lowest BCUT2D eigenvalue weighted by Gasteiger charge is -2.12. The van der Waals surface area contributed by atoms with Crippen molar-refractivity contribution >= 4 is 47.2 Å². The third-order valence-electron chi connectivity index (χ3n) is 2.65. The lowest BCUT2D eigenvalue weighted by Crippen LogP contribution is -2.40. The van der Waals surface area contributed by atoms with Crippen LogP contribution in [0, 0.1) is 0 Å². The molecule has 0 aliphatic carbocycles. The van der Waals surface area contributed by atoms with Crippen LogP contribution in [0.3, 0.4) is 0 Å². The highest BCUT2D eigenvalue weighted by Crippen LogP contribution is 2.30. The molecule has 3 N–H and O–H groups in total. The Bertz CT molecular complexity index is 563. The summed E-state index contributed by atoms with van der Waals surface area (Å²) in [6.45, 7) is 6.62. The zero-order chi connectivity index (χ0) is 18.2. The minimum Gasteiger partial charge on any atom is -0.357 e. The van der Waals surface area contributed by atoms with Crippen LogP contribution >= 0.6 is 35.3 Å². The van der Waals surface area contributed by atoms with Gasteiger partial charge >= 0.3 is 6.18 Å². The van der Waals surface area contributed by atoms with Gasteiger partial charge in [-0.05, 0) is 20.8 Å². The third-order valence-corrected chi connectivity index (χ3v) is 3.49. The Kier molecular flexibility index (Phi) is 11.0. The predicted octanol–water partition coefficient (Wildman–Crippen LogP) is 2.75. The van der Waals surface area contributed by atoms with Crippen molar-refractivity contribution in [2.75, 3.05) is 13.1 Å². The highest BCUT2D eigenvalue weighted by molar-refractivity contribution is 14.0. The SMILES string of the molecule is CCNC(=NCc1nc(C(F)(F)F)cs1)NCCC(=O)NC(C)C.I. The van der Waals surface area contributed by atoms with Crippen molar-refractivity contribution in [1.29, 1.82) is 0 Å². The molecule has 25 heavy (non-hydrogen) atoms. The lowest BCUT2D eigenvalue weighted by atomic mass is 10.3. The Labute approximate surface area is 166 Å². The quantitative estimate of drug-likeness (QED) is 0.310. The zero-order valence-corrected chi connectivity index (χ0v) is 17.4. The second-order valence-corrected chi connectivity index (χ2v) is 6.16. The van der Waals surface area contributed by atoms with Gasteiger partial charge in [-0.15, -0.1) is 35.3 Å². The van der Waals surface area contributed by atoms with Gasteiger partial charge in [0, 0.05) is 30.9 Å². The molecule has 0 spiro atoms. The number of aromatic nitrogens is 1. The van der Waals surface area contributed by atoms with Crippen LogP contribution in [0.15, 0.2) is 10.4 Å². The van der Waals surface area contributed by atoms with E-state index in [2.05, 4.69) is 25.9 Å². The van der Waals surface area contributed by atoms with Crippen LogP contribution in [0.1, 0.15) is 37.9 Å². The summed E-state index contributed by atoms with van der Waals surface area (Å²) in [5, 5.41) is 9.95. The zero-order valence-electron chi connectivity index (χ0n) is 14.2. The van der Waals surface area contributed by atoms with Crippen molar-refractivity contribution < 1.29 is 18.0 Å². The number of guanidine groups is 1. The molecule has 0 bridgehead atoms. The summed E-state index contributed by atoms with van der Waals surface area (Å²) in [6.07, 6.45) is -4.16. The monoisotopic (exact) mass is 493 g/mol. The van der Waals surface area contributed by atoms with Gasteiger partial charge in [0.1, 0.15) is 5.01 Å². The van der Waals surface area contributed by atoms with E-state index in [9.17, 15) is 18.0 Å². The van der Waals surface area contributed by atoms with Gasteiger partial charge in [0.15, 0.2) is 11.7 Å². The molecule has 11 heteroatoms. The molecule has 0 unspecified atom stereocenters. The summed E-state index contributed by atoms with van der Waals surface area (Å²) in [5.41, 5.74) is -0.902. The highest BCUT2D eigenvalue weighted by atomic mass is 127. The summed E-state index contributed by atoms with van der Waals surface area (Å²) in [4.78, 5) is 19.2. The number of hydrogen-bond acceptors (Lipinski definition) is 4. The number of amides is 1. The third kappa shape index (κ3) is 9.82. The number of halogens is 4. The first-order valence-electron chi connectivity index (χ1n) is 7.55. The molecule has 0 radical (unpaired) electrons. The van der Waals surface area contributed by atoms with Gasteiger partial charge in [0.2, 0.25) is 5.91 Å². The summed E-state index contributed by atoms with van der Waals surface area (Å²) >= 11 is 0.914. The van der Waals surface area contributed by atoms with Crippen molar-refractivity contribution in [3.63, 3.8) is 0 Å². The first-order chi connectivity index (χ1) is 11.2. The fraction of sp³-hybridized carbons (Fsp3) is 0.643. The average molecular weight is 493 g/mol. The van der Waals surface area contributed by atoms with Crippen molar-refractivity contribution in [1.82, 2.24) is 20.9 Å². The molecule has 144 valence electrons. The predicted molar refractivity (Wildman–Crippen MR) is 103 cm³/mol. The minimum absolute atomic E-state index is 0. The Morgan fingerprint density at radius 2 is 2.04 bits per heavy atom. The molecule has 1 heterocycles. The Morgan fingerprint density at radius 3 is 2.56 bits per heavy atom. The molecule has 1 aromatic rings. The van der Waals surface area contributed by atoms with Crippen molar-refractivity contribution in [2.24, 2.45) is 4.99 Å². The van der Waals surface area contributed by atoms with Gasteiger partial charge < -0.3 is 16.0 Å². The maximum atomic E-state index is 12.5. The van der Waals surface area contributed by atoms with Gasteiger partial charge in [-0.3, -0.25) is 4.79 Å². The minimum atomic E-state index is -4.44. The van der Waals surface area contributed by atoms with E-state index in [0.29, 0.717) is 19.0 Å². The Morgan fingerprint density at radius 1 is 1.36 bits per heavy atom. The molecule has 0 aromatic carbocycles. The Balaban J connectivity index is 0.00000576. The first kappa shape index (κ1) is 23.9. The number of aliphatic imine (C=N–C) groups is 1. The van der Waals surface area contributed by atoms with E-state index in [1.165, 1.54) is 0 Å². The summed E-state index contributed by atoms with van der Waals surface area (Å²) < 4.78 is 37.5. The number of nitrogens with one attached hydrogen (secondary N) is 3. The largest absolute Gasteiger partial charge is 0.434 e.